The van der Waals surface area contributed by atoms with Crippen LogP contribution in [0.4, 0.5) is 10.5 Å². The Kier molecular flexibility index (Phi) is 4.96. The molecule has 0 radical (unpaired) electrons. The lowest BCUT2D eigenvalue weighted by molar-refractivity contribution is -0.122. The lowest BCUT2D eigenvalue weighted by atomic mass is 10.1. The third-order valence-corrected chi connectivity index (χ3v) is 5.19. The van der Waals surface area contributed by atoms with Crippen LogP contribution in [-0.2, 0) is 9.59 Å². The van der Waals surface area contributed by atoms with E-state index in [1.807, 2.05) is 41.1 Å². The maximum absolute atomic E-state index is 13.0. The van der Waals surface area contributed by atoms with Crippen molar-refractivity contribution in [1.29, 1.82) is 0 Å². The second-order valence-corrected chi connectivity index (χ2v) is 6.95. The van der Waals surface area contributed by atoms with Gasteiger partial charge in [0.15, 0.2) is 0 Å². The minimum Gasteiger partial charge on any atom is -0.317 e. The second kappa shape index (κ2) is 7.58. The molecule has 0 spiro atoms. The molecule has 0 aliphatic carbocycles. The van der Waals surface area contributed by atoms with Gasteiger partial charge in [-0.3, -0.25) is 14.9 Å². The van der Waals surface area contributed by atoms with E-state index in [9.17, 15) is 14.4 Å². The van der Waals surface area contributed by atoms with E-state index in [2.05, 4.69) is 5.32 Å². The zero-order valence-corrected chi connectivity index (χ0v) is 16.3. The van der Waals surface area contributed by atoms with Gasteiger partial charge in [0.2, 0.25) is 0 Å². The number of carbonyl (C=O) groups is 3. The van der Waals surface area contributed by atoms with Crippen molar-refractivity contribution in [2.24, 2.45) is 0 Å². The predicted molar refractivity (Wildman–Crippen MR) is 111 cm³/mol. The average molecular weight is 426 g/mol. The summed E-state index contributed by atoms with van der Waals surface area (Å²) in [4.78, 5) is 38.6. The Hall–Kier alpha value is -3.35. The molecule has 0 bridgehead atoms. The molecule has 1 saturated heterocycles. The second-order valence-electron chi connectivity index (χ2n) is 6.17. The summed E-state index contributed by atoms with van der Waals surface area (Å²) < 4.78 is 1.82. The SMILES string of the molecule is O=C1NC(=O)N(c2cccc(Cl)c2Cl)C(=O)C1=Cc1cccn1-c1ccccc1. The van der Waals surface area contributed by atoms with Crippen LogP contribution in [0.5, 0.6) is 0 Å². The van der Waals surface area contributed by atoms with Crippen molar-refractivity contribution in [3.05, 3.63) is 88.2 Å². The average Bonchev–Trinajstić information content (AvgIpc) is 3.17. The molecule has 2 aromatic carbocycles. The first-order valence-electron chi connectivity index (χ1n) is 8.55. The van der Waals surface area contributed by atoms with E-state index in [-0.39, 0.29) is 21.3 Å². The molecule has 4 rings (SSSR count). The lowest BCUT2D eigenvalue weighted by Crippen LogP contribution is -2.54. The molecule has 144 valence electrons. The van der Waals surface area contributed by atoms with Crippen LogP contribution in [0.3, 0.4) is 0 Å². The number of para-hydroxylation sites is 1. The molecule has 1 fully saturated rings. The van der Waals surface area contributed by atoms with Crippen molar-refractivity contribution in [1.82, 2.24) is 9.88 Å². The largest absolute Gasteiger partial charge is 0.336 e. The van der Waals surface area contributed by atoms with E-state index >= 15 is 0 Å². The number of hydrogen-bond acceptors (Lipinski definition) is 3. The van der Waals surface area contributed by atoms with Gasteiger partial charge >= 0.3 is 6.03 Å². The van der Waals surface area contributed by atoms with Crippen molar-refractivity contribution >= 4 is 52.8 Å². The van der Waals surface area contributed by atoms with Crippen LogP contribution in [0, 0.1) is 0 Å². The molecular weight excluding hydrogens is 413 g/mol. The highest BCUT2D eigenvalue weighted by molar-refractivity contribution is 6.46. The first-order chi connectivity index (χ1) is 14.0. The summed E-state index contributed by atoms with van der Waals surface area (Å²) in [6.45, 7) is 0. The molecular formula is C21H13Cl2N3O3. The highest BCUT2D eigenvalue weighted by atomic mass is 35.5. The minimum atomic E-state index is -0.889. The maximum atomic E-state index is 13.0. The van der Waals surface area contributed by atoms with Gasteiger partial charge in [0.25, 0.3) is 11.8 Å². The van der Waals surface area contributed by atoms with Crippen LogP contribution in [0.25, 0.3) is 11.8 Å². The number of halogens is 2. The lowest BCUT2D eigenvalue weighted by Gasteiger charge is -2.27. The molecule has 2 heterocycles. The molecule has 8 heteroatoms. The maximum Gasteiger partial charge on any atom is 0.336 e. The summed E-state index contributed by atoms with van der Waals surface area (Å²) in [5.74, 6) is -1.57. The number of anilines is 1. The molecule has 1 aliphatic rings. The normalized spacial score (nSPS) is 15.7. The number of nitrogens with zero attached hydrogens (tertiary/aromatic N) is 2. The molecule has 0 atom stereocenters. The summed E-state index contributed by atoms with van der Waals surface area (Å²) in [5.41, 5.74) is 1.36. The van der Waals surface area contributed by atoms with Crippen molar-refractivity contribution in [3.8, 4) is 5.69 Å². The van der Waals surface area contributed by atoms with Crippen LogP contribution in [-0.4, -0.2) is 22.4 Å². The smallest absolute Gasteiger partial charge is 0.317 e. The Morgan fingerprint density at radius 2 is 1.62 bits per heavy atom. The van der Waals surface area contributed by atoms with E-state index in [0.717, 1.165) is 10.6 Å². The topological polar surface area (TPSA) is 71.4 Å². The summed E-state index contributed by atoms with van der Waals surface area (Å²) in [6, 6.07) is 16.7. The molecule has 0 saturated carbocycles. The third kappa shape index (κ3) is 3.44. The van der Waals surface area contributed by atoms with Gasteiger partial charge < -0.3 is 4.57 Å². The van der Waals surface area contributed by atoms with Gasteiger partial charge in [-0.25, -0.2) is 9.69 Å². The highest BCUT2D eigenvalue weighted by Gasteiger charge is 2.38. The zero-order valence-electron chi connectivity index (χ0n) is 14.8. The molecule has 0 unspecified atom stereocenters. The van der Waals surface area contributed by atoms with Gasteiger partial charge in [-0.05, 0) is 42.5 Å². The van der Waals surface area contributed by atoms with Gasteiger partial charge in [0.05, 0.1) is 15.7 Å². The first kappa shape index (κ1) is 19.0. The third-order valence-electron chi connectivity index (χ3n) is 4.38. The Morgan fingerprint density at radius 3 is 2.38 bits per heavy atom. The van der Waals surface area contributed by atoms with Crippen molar-refractivity contribution in [2.75, 3.05) is 4.90 Å². The Labute approximate surface area is 175 Å². The Bertz CT molecular complexity index is 1170. The molecule has 29 heavy (non-hydrogen) atoms. The summed E-state index contributed by atoms with van der Waals surface area (Å²) in [6.07, 6.45) is 3.24. The van der Waals surface area contributed by atoms with Crippen molar-refractivity contribution < 1.29 is 14.4 Å². The van der Waals surface area contributed by atoms with Crippen LogP contribution >= 0.6 is 23.2 Å². The summed E-state index contributed by atoms with van der Waals surface area (Å²) >= 11 is 12.2. The molecule has 1 aliphatic heterocycles. The van der Waals surface area contributed by atoms with E-state index < -0.39 is 17.8 Å². The minimum absolute atomic E-state index is 0.0408. The number of benzene rings is 2. The van der Waals surface area contributed by atoms with Gasteiger partial charge in [-0.15, -0.1) is 0 Å². The van der Waals surface area contributed by atoms with E-state index in [1.54, 1.807) is 18.2 Å². The Balaban J connectivity index is 1.78. The Morgan fingerprint density at radius 1 is 0.862 bits per heavy atom. The van der Waals surface area contributed by atoms with Gasteiger partial charge in [-0.1, -0.05) is 47.5 Å². The van der Waals surface area contributed by atoms with Crippen molar-refractivity contribution in [3.63, 3.8) is 0 Å². The number of nitrogens with one attached hydrogen (secondary N) is 1. The van der Waals surface area contributed by atoms with Gasteiger partial charge in [0.1, 0.15) is 5.57 Å². The van der Waals surface area contributed by atoms with E-state index in [0.29, 0.717) is 5.69 Å². The van der Waals surface area contributed by atoms with Crippen LogP contribution in [0.1, 0.15) is 5.69 Å². The fraction of sp³-hybridized carbons (Fsp3) is 0. The predicted octanol–water partition coefficient (Wildman–Crippen LogP) is 4.45. The van der Waals surface area contributed by atoms with Crippen LogP contribution in [0.15, 0.2) is 72.4 Å². The summed E-state index contributed by atoms with van der Waals surface area (Å²) in [7, 11) is 0. The number of hydrogen-bond donors (Lipinski definition) is 1. The number of rotatable bonds is 3. The standard InChI is InChI=1S/C21H13Cl2N3O3/c22-16-9-4-10-17(18(16)23)26-20(28)15(19(27)24-21(26)29)12-14-8-5-11-25(14)13-6-2-1-3-7-13/h1-12H,(H,24,27,29). The molecule has 4 amide bonds. The number of urea groups is 1. The van der Waals surface area contributed by atoms with Crippen LogP contribution in [0.2, 0.25) is 10.0 Å². The van der Waals surface area contributed by atoms with Crippen molar-refractivity contribution in [2.45, 2.75) is 0 Å². The number of aromatic nitrogens is 1. The van der Waals surface area contributed by atoms with Gasteiger partial charge in [-0.2, -0.15) is 0 Å². The van der Waals surface area contributed by atoms with Gasteiger partial charge in [0, 0.05) is 17.6 Å². The number of amides is 4. The molecule has 3 aromatic rings. The molecule has 1 N–H and O–H groups in total. The first-order valence-corrected chi connectivity index (χ1v) is 9.31. The molecule has 6 nitrogen and oxygen atoms in total. The molecule has 1 aromatic heterocycles. The number of carbonyl (C=O) groups excluding carboxylic acids is 3. The number of barbiturate groups is 1. The van der Waals surface area contributed by atoms with E-state index in [4.69, 9.17) is 23.2 Å². The number of imide groups is 2. The van der Waals surface area contributed by atoms with Crippen LogP contribution < -0.4 is 10.2 Å². The zero-order chi connectivity index (χ0) is 20.5. The fourth-order valence-corrected chi connectivity index (χ4v) is 3.40. The monoisotopic (exact) mass is 425 g/mol. The highest BCUT2D eigenvalue weighted by Crippen LogP contribution is 2.34. The quantitative estimate of drug-likeness (QED) is 0.497. The van der Waals surface area contributed by atoms with E-state index in [1.165, 1.54) is 18.2 Å². The summed E-state index contributed by atoms with van der Waals surface area (Å²) in [5, 5.41) is 2.40. The fourth-order valence-electron chi connectivity index (χ4n) is 3.02.